The van der Waals surface area contributed by atoms with Crippen molar-refractivity contribution in [1.82, 2.24) is 5.32 Å². The SMILES string of the molecule is CCOCCCNC(=O)c1ccccc1NC(=O)[C@@H]1CC(=O)N(c2ccccc2C)C1. The number of nitrogens with one attached hydrogen (secondary N) is 2. The highest BCUT2D eigenvalue weighted by atomic mass is 16.5. The highest BCUT2D eigenvalue weighted by Gasteiger charge is 2.35. The van der Waals surface area contributed by atoms with Crippen molar-refractivity contribution in [1.29, 1.82) is 0 Å². The van der Waals surface area contributed by atoms with E-state index >= 15 is 0 Å². The predicted molar refractivity (Wildman–Crippen MR) is 120 cm³/mol. The second kappa shape index (κ2) is 10.7. The van der Waals surface area contributed by atoms with Crippen LogP contribution in [0.2, 0.25) is 0 Å². The van der Waals surface area contributed by atoms with Crippen LogP contribution in [0, 0.1) is 12.8 Å². The largest absolute Gasteiger partial charge is 0.382 e. The highest BCUT2D eigenvalue weighted by Crippen LogP contribution is 2.28. The van der Waals surface area contributed by atoms with Crippen LogP contribution >= 0.6 is 0 Å². The van der Waals surface area contributed by atoms with Crippen molar-refractivity contribution >= 4 is 29.1 Å². The molecule has 7 heteroatoms. The molecule has 1 aliphatic heterocycles. The highest BCUT2D eigenvalue weighted by molar-refractivity contribution is 6.07. The number of hydrogen-bond acceptors (Lipinski definition) is 4. The number of para-hydroxylation sites is 2. The minimum absolute atomic E-state index is 0.0743. The van der Waals surface area contributed by atoms with E-state index in [1.807, 2.05) is 38.1 Å². The molecular formula is C24H29N3O4. The quantitative estimate of drug-likeness (QED) is 0.607. The Labute approximate surface area is 182 Å². The van der Waals surface area contributed by atoms with Gasteiger partial charge in [-0.3, -0.25) is 14.4 Å². The van der Waals surface area contributed by atoms with Crippen molar-refractivity contribution in [3.63, 3.8) is 0 Å². The molecule has 164 valence electrons. The number of amides is 3. The van der Waals surface area contributed by atoms with E-state index < -0.39 is 5.92 Å². The van der Waals surface area contributed by atoms with E-state index in [9.17, 15) is 14.4 Å². The van der Waals surface area contributed by atoms with Crippen molar-refractivity contribution in [2.24, 2.45) is 5.92 Å². The van der Waals surface area contributed by atoms with Gasteiger partial charge in [-0.15, -0.1) is 0 Å². The lowest BCUT2D eigenvalue weighted by Gasteiger charge is -2.19. The van der Waals surface area contributed by atoms with Gasteiger partial charge >= 0.3 is 0 Å². The van der Waals surface area contributed by atoms with Gasteiger partial charge in [-0.25, -0.2) is 0 Å². The number of anilines is 2. The number of hydrogen-bond donors (Lipinski definition) is 2. The van der Waals surface area contributed by atoms with Crippen LogP contribution in [0.4, 0.5) is 11.4 Å². The molecule has 0 spiro atoms. The summed E-state index contributed by atoms with van der Waals surface area (Å²) in [6.45, 7) is 5.91. The van der Waals surface area contributed by atoms with Gasteiger partial charge in [-0.1, -0.05) is 30.3 Å². The first kappa shape index (κ1) is 22.5. The van der Waals surface area contributed by atoms with E-state index in [2.05, 4.69) is 10.6 Å². The molecule has 0 saturated carbocycles. The topological polar surface area (TPSA) is 87.7 Å². The van der Waals surface area contributed by atoms with Crippen molar-refractivity contribution in [3.8, 4) is 0 Å². The molecule has 1 saturated heterocycles. The van der Waals surface area contributed by atoms with Crippen LogP contribution in [0.5, 0.6) is 0 Å². The van der Waals surface area contributed by atoms with Crippen molar-refractivity contribution in [2.45, 2.75) is 26.7 Å². The average molecular weight is 424 g/mol. The smallest absolute Gasteiger partial charge is 0.253 e. The third-order valence-corrected chi connectivity index (χ3v) is 5.29. The van der Waals surface area contributed by atoms with Gasteiger partial charge in [0.1, 0.15) is 0 Å². The van der Waals surface area contributed by atoms with Crippen LogP contribution in [-0.2, 0) is 14.3 Å². The van der Waals surface area contributed by atoms with Crippen LogP contribution in [0.25, 0.3) is 0 Å². The monoisotopic (exact) mass is 423 g/mol. The molecular weight excluding hydrogens is 394 g/mol. The first-order valence-corrected chi connectivity index (χ1v) is 10.6. The lowest BCUT2D eigenvalue weighted by atomic mass is 10.1. The molecule has 0 aliphatic carbocycles. The molecule has 0 bridgehead atoms. The number of benzene rings is 2. The summed E-state index contributed by atoms with van der Waals surface area (Å²) in [4.78, 5) is 39.7. The summed E-state index contributed by atoms with van der Waals surface area (Å²) in [7, 11) is 0. The third-order valence-electron chi connectivity index (χ3n) is 5.29. The number of rotatable bonds is 9. The summed E-state index contributed by atoms with van der Waals surface area (Å²) in [6, 6.07) is 14.5. The summed E-state index contributed by atoms with van der Waals surface area (Å²) >= 11 is 0. The van der Waals surface area contributed by atoms with Gasteiger partial charge in [0.2, 0.25) is 11.8 Å². The lowest BCUT2D eigenvalue weighted by molar-refractivity contribution is -0.122. The van der Waals surface area contributed by atoms with Gasteiger partial charge in [0, 0.05) is 38.4 Å². The number of carbonyl (C=O) groups excluding carboxylic acids is 3. The Morgan fingerprint density at radius 2 is 1.87 bits per heavy atom. The second-order valence-corrected chi connectivity index (χ2v) is 7.53. The molecule has 1 heterocycles. The van der Waals surface area contributed by atoms with E-state index in [0.29, 0.717) is 44.0 Å². The zero-order valence-electron chi connectivity index (χ0n) is 18.0. The summed E-state index contributed by atoms with van der Waals surface area (Å²) in [5.74, 6) is -1.07. The maximum Gasteiger partial charge on any atom is 0.253 e. The van der Waals surface area contributed by atoms with Crippen LogP contribution in [0.1, 0.15) is 35.7 Å². The molecule has 1 atom stereocenters. The zero-order chi connectivity index (χ0) is 22.2. The molecule has 2 aromatic carbocycles. The van der Waals surface area contributed by atoms with Crippen LogP contribution in [-0.4, -0.2) is 44.0 Å². The third kappa shape index (κ3) is 5.70. The van der Waals surface area contributed by atoms with Gasteiger partial charge in [0.25, 0.3) is 5.91 Å². The van der Waals surface area contributed by atoms with E-state index in [1.165, 1.54) is 0 Å². The minimum atomic E-state index is -0.477. The molecule has 0 radical (unpaired) electrons. The molecule has 3 rings (SSSR count). The predicted octanol–water partition coefficient (Wildman–Crippen LogP) is 3.14. The zero-order valence-corrected chi connectivity index (χ0v) is 18.0. The van der Waals surface area contributed by atoms with Gasteiger partial charge in [0.15, 0.2) is 0 Å². The van der Waals surface area contributed by atoms with Gasteiger partial charge in [-0.05, 0) is 44.0 Å². The molecule has 2 N–H and O–H groups in total. The molecule has 0 aromatic heterocycles. The molecule has 2 aromatic rings. The fourth-order valence-corrected chi connectivity index (χ4v) is 3.62. The average Bonchev–Trinajstić information content (AvgIpc) is 3.15. The van der Waals surface area contributed by atoms with Crippen LogP contribution < -0.4 is 15.5 Å². The minimum Gasteiger partial charge on any atom is -0.382 e. The fraction of sp³-hybridized carbons (Fsp3) is 0.375. The number of ether oxygens (including phenoxy) is 1. The number of carbonyl (C=O) groups is 3. The van der Waals surface area contributed by atoms with E-state index in [0.717, 1.165) is 11.3 Å². The Balaban J connectivity index is 1.63. The summed E-state index contributed by atoms with van der Waals surface area (Å²) in [6.07, 6.45) is 0.860. The Morgan fingerprint density at radius 3 is 2.65 bits per heavy atom. The van der Waals surface area contributed by atoms with Crippen molar-refractivity contribution < 1.29 is 19.1 Å². The second-order valence-electron chi connectivity index (χ2n) is 7.53. The normalized spacial score (nSPS) is 15.7. The number of nitrogens with zero attached hydrogens (tertiary/aromatic N) is 1. The Kier molecular flexibility index (Phi) is 7.78. The lowest BCUT2D eigenvalue weighted by Crippen LogP contribution is -2.30. The van der Waals surface area contributed by atoms with Gasteiger partial charge in [0.05, 0.1) is 17.2 Å². The summed E-state index contributed by atoms with van der Waals surface area (Å²) in [5, 5.41) is 5.70. The first-order chi connectivity index (χ1) is 15.0. The maximum atomic E-state index is 12.9. The Bertz CT molecular complexity index is 944. The molecule has 31 heavy (non-hydrogen) atoms. The van der Waals surface area contributed by atoms with E-state index in [-0.39, 0.29) is 24.1 Å². The Hall–Kier alpha value is -3.19. The van der Waals surface area contributed by atoms with Crippen molar-refractivity contribution in [2.75, 3.05) is 36.5 Å². The standard InChI is InChI=1S/C24H29N3O4/c1-3-31-14-8-13-25-24(30)19-10-5-6-11-20(19)26-23(29)18-15-22(28)27(16-18)21-12-7-4-9-17(21)2/h4-7,9-12,18H,3,8,13-16H2,1-2H3,(H,25,30)(H,26,29)/t18-/m1/s1. The Morgan fingerprint density at radius 1 is 1.13 bits per heavy atom. The summed E-state index contributed by atoms with van der Waals surface area (Å²) in [5.41, 5.74) is 2.65. The van der Waals surface area contributed by atoms with Crippen molar-refractivity contribution in [3.05, 3.63) is 59.7 Å². The van der Waals surface area contributed by atoms with Crippen LogP contribution in [0.15, 0.2) is 48.5 Å². The molecule has 3 amide bonds. The maximum absolute atomic E-state index is 12.9. The van der Waals surface area contributed by atoms with E-state index in [4.69, 9.17) is 4.74 Å². The summed E-state index contributed by atoms with van der Waals surface area (Å²) < 4.78 is 5.27. The van der Waals surface area contributed by atoms with Gasteiger partial charge in [-0.2, -0.15) is 0 Å². The molecule has 7 nitrogen and oxygen atoms in total. The molecule has 0 unspecified atom stereocenters. The molecule has 1 fully saturated rings. The molecule has 1 aliphatic rings. The van der Waals surface area contributed by atoms with Crippen LogP contribution in [0.3, 0.4) is 0 Å². The van der Waals surface area contributed by atoms with E-state index in [1.54, 1.807) is 29.2 Å². The number of aryl methyl sites for hydroxylation is 1. The van der Waals surface area contributed by atoms with Gasteiger partial charge < -0.3 is 20.3 Å². The first-order valence-electron chi connectivity index (χ1n) is 10.6. The fourth-order valence-electron chi connectivity index (χ4n) is 3.62.